The minimum atomic E-state index is -0.389. The van der Waals surface area contributed by atoms with E-state index in [-0.39, 0.29) is 16.8 Å². The van der Waals surface area contributed by atoms with Gasteiger partial charge in [0.1, 0.15) is 23.1 Å². The number of nitrogens with zero attached hydrogens (tertiary/aromatic N) is 2. The maximum atomic E-state index is 13.0. The molecule has 1 aromatic heterocycles. The summed E-state index contributed by atoms with van der Waals surface area (Å²) in [6.07, 6.45) is 1.37. The molecular weight excluding hydrogens is 288 g/mol. The Hall–Kier alpha value is -1.39. The predicted octanol–water partition coefficient (Wildman–Crippen LogP) is 4.79. The summed E-state index contributed by atoms with van der Waals surface area (Å²) in [5, 5.41) is 3.73. The van der Waals surface area contributed by atoms with Crippen molar-refractivity contribution >= 4 is 34.7 Å². The van der Waals surface area contributed by atoms with Crippen molar-refractivity contribution in [2.45, 2.75) is 19.8 Å². The minimum Gasteiger partial charge on any atom is -0.339 e. The molecule has 100 valence electrons. The zero-order valence-corrected chi connectivity index (χ0v) is 11.9. The van der Waals surface area contributed by atoms with E-state index in [1.807, 2.05) is 13.8 Å². The lowest BCUT2D eigenvalue weighted by Crippen LogP contribution is -2.03. The number of halogens is 3. The standard InChI is InChI=1S/C13H12Cl2FN3/c1-7(2)11-12(15)17-6-18-13(11)19-10-4-3-8(16)5-9(10)14/h3-7H,1-2H3,(H,17,18,19). The van der Waals surface area contributed by atoms with E-state index in [1.165, 1.54) is 18.5 Å². The Morgan fingerprint density at radius 3 is 2.58 bits per heavy atom. The van der Waals surface area contributed by atoms with Gasteiger partial charge >= 0.3 is 0 Å². The van der Waals surface area contributed by atoms with Crippen molar-refractivity contribution in [1.82, 2.24) is 9.97 Å². The third-order valence-corrected chi connectivity index (χ3v) is 3.21. The largest absolute Gasteiger partial charge is 0.339 e. The number of aromatic nitrogens is 2. The lowest BCUT2D eigenvalue weighted by molar-refractivity contribution is 0.628. The van der Waals surface area contributed by atoms with E-state index < -0.39 is 0 Å². The first-order chi connectivity index (χ1) is 8.99. The molecule has 1 heterocycles. The van der Waals surface area contributed by atoms with Crippen LogP contribution in [-0.4, -0.2) is 9.97 Å². The summed E-state index contributed by atoms with van der Waals surface area (Å²) < 4.78 is 13.0. The topological polar surface area (TPSA) is 37.8 Å². The summed E-state index contributed by atoms with van der Waals surface area (Å²) >= 11 is 12.0. The highest BCUT2D eigenvalue weighted by Gasteiger charge is 2.14. The van der Waals surface area contributed by atoms with Crippen LogP contribution in [0.5, 0.6) is 0 Å². The van der Waals surface area contributed by atoms with Gasteiger partial charge in [0.15, 0.2) is 0 Å². The smallest absolute Gasteiger partial charge is 0.138 e. The third kappa shape index (κ3) is 3.14. The van der Waals surface area contributed by atoms with Crippen LogP contribution < -0.4 is 5.32 Å². The number of hydrogen-bond acceptors (Lipinski definition) is 3. The number of nitrogens with one attached hydrogen (secondary N) is 1. The van der Waals surface area contributed by atoms with Crippen LogP contribution in [0.4, 0.5) is 15.9 Å². The van der Waals surface area contributed by atoms with Crippen LogP contribution in [0.15, 0.2) is 24.5 Å². The summed E-state index contributed by atoms with van der Waals surface area (Å²) in [5.74, 6) is 0.333. The Morgan fingerprint density at radius 2 is 1.95 bits per heavy atom. The van der Waals surface area contributed by atoms with Crippen molar-refractivity contribution in [3.8, 4) is 0 Å². The van der Waals surface area contributed by atoms with Gasteiger partial charge in [0.25, 0.3) is 0 Å². The quantitative estimate of drug-likeness (QED) is 0.828. The summed E-state index contributed by atoms with van der Waals surface area (Å²) in [6, 6.07) is 4.12. The van der Waals surface area contributed by atoms with Crippen LogP contribution in [0, 0.1) is 5.82 Å². The molecule has 3 nitrogen and oxygen atoms in total. The van der Waals surface area contributed by atoms with Gasteiger partial charge in [0.05, 0.1) is 10.7 Å². The van der Waals surface area contributed by atoms with Crippen LogP contribution in [0.1, 0.15) is 25.3 Å². The maximum absolute atomic E-state index is 13.0. The van der Waals surface area contributed by atoms with E-state index in [9.17, 15) is 4.39 Å². The predicted molar refractivity (Wildman–Crippen MR) is 75.8 cm³/mol. The molecule has 6 heteroatoms. The van der Waals surface area contributed by atoms with Crippen LogP contribution in [0.3, 0.4) is 0 Å². The molecule has 0 fully saturated rings. The fourth-order valence-corrected chi connectivity index (χ4v) is 2.27. The van der Waals surface area contributed by atoms with Crippen LogP contribution >= 0.6 is 23.2 Å². The summed E-state index contributed by atoms with van der Waals surface area (Å²) in [4.78, 5) is 8.12. The minimum absolute atomic E-state index is 0.149. The van der Waals surface area contributed by atoms with Gasteiger partial charge in [-0.15, -0.1) is 0 Å². The molecule has 0 aliphatic rings. The number of hydrogen-bond donors (Lipinski definition) is 1. The monoisotopic (exact) mass is 299 g/mol. The summed E-state index contributed by atoms with van der Waals surface area (Å²) in [6.45, 7) is 3.98. The number of benzene rings is 1. The lowest BCUT2D eigenvalue weighted by Gasteiger charge is -2.15. The fraction of sp³-hybridized carbons (Fsp3) is 0.231. The van der Waals surface area contributed by atoms with Crippen LogP contribution in [-0.2, 0) is 0 Å². The highest BCUT2D eigenvalue weighted by molar-refractivity contribution is 6.33. The molecule has 0 aliphatic carbocycles. The summed E-state index contributed by atoms with van der Waals surface area (Å²) in [5.41, 5.74) is 1.37. The molecule has 0 unspecified atom stereocenters. The Labute approximate surface area is 120 Å². The van der Waals surface area contributed by atoms with Gasteiger partial charge in [-0.05, 0) is 24.1 Å². The highest BCUT2D eigenvalue weighted by atomic mass is 35.5. The zero-order chi connectivity index (χ0) is 14.0. The van der Waals surface area contributed by atoms with Crippen molar-refractivity contribution in [3.05, 3.63) is 46.1 Å². The lowest BCUT2D eigenvalue weighted by atomic mass is 10.1. The second-order valence-corrected chi connectivity index (χ2v) is 5.10. The molecule has 0 aliphatic heterocycles. The van der Waals surface area contributed by atoms with Crippen LogP contribution in [0.2, 0.25) is 10.2 Å². The molecule has 0 saturated heterocycles. The Kier molecular flexibility index (Phi) is 4.22. The van der Waals surface area contributed by atoms with Gasteiger partial charge in [0.2, 0.25) is 0 Å². The number of anilines is 2. The SMILES string of the molecule is CC(C)c1c(Cl)ncnc1Nc1ccc(F)cc1Cl. The first kappa shape index (κ1) is 14.0. The van der Waals surface area contributed by atoms with E-state index in [0.29, 0.717) is 16.7 Å². The molecule has 1 aromatic carbocycles. The Bertz CT molecular complexity index is 602. The molecule has 0 radical (unpaired) electrons. The highest BCUT2D eigenvalue weighted by Crippen LogP contribution is 2.32. The van der Waals surface area contributed by atoms with E-state index in [1.54, 1.807) is 6.07 Å². The van der Waals surface area contributed by atoms with Crippen molar-refractivity contribution in [3.63, 3.8) is 0 Å². The second kappa shape index (κ2) is 5.72. The first-order valence-corrected chi connectivity index (χ1v) is 6.47. The molecule has 0 saturated carbocycles. The average molecular weight is 300 g/mol. The Balaban J connectivity index is 2.41. The van der Waals surface area contributed by atoms with E-state index in [4.69, 9.17) is 23.2 Å². The average Bonchev–Trinajstić information content (AvgIpc) is 2.32. The van der Waals surface area contributed by atoms with E-state index in [0.717, 1.165) is 5.56 Å². The third-order valence-electron chi connectivity index (χ3n) is 2.60. The molecular formula is C13H12Cl2FN3. The van der Waals surface area contributed by atoms with Gasteiger partial charge in [-0.1, -0.05) is 37.0 Å². The molecule has 2 rings (SSSR count). The molecule has 0 atom stereocenters. The normalized spacial score (nSPS) is 10.8. The molecule has 0 bridgehead atoms. The van der Waals surface area contributed by atoms with Crippen molar-refractivity contribution < 1.29 is 4.39 Å². The van der Waals surface area contributed by atoms with Gasteiger partial charge < -0.3 is 5.32 Å². The second-order valence-electron chi connectivity index (χ2n) is 4.33. The molecule has 19 heavy (non-hydrogen) atoms. The molecule has 2 aromatic rings. The molecule has 0 amide bonds. The number of rotatable bonds is 3. The fourth-order valence-electron chi connectivity index (χ4n) is 1.70. The van der Waals surface area contributed by atoms with E-state index in [2.05, 4.69) is 15.3 Å². The van der Waals surface area contributed by atoms with Gasteiger partial charge in [-0.3, -0.25) is 0 Å². The van der Waals surface area contributed by atoms with Gasteiger partial charge in [-0.2, -0.15) is 0 Å². The van der Waals surface area contributed by atoms with E-state index >= 15 is 0 Å². The van der Waals surface area contributed by atoms with Crippen molar-refractivity contribution in [1.29, 1.82) is 0 Å². The maximum Gasteiger partial charge on any atom is 0.138 e. The van der Waals surface area contributed by atoms with Crippen LogP contribution in [0.25, 0.3) is 0 Å². The van der Waals surface area contributed by atoms with Gasteiger partial charge in [-0.25, -0.2) is 14.4 Å². The molecule has 0 spiro atoms. The molecule has 1 N–H and O–H groups in total. The summed E-state index contributed by atoms with van der Waals surface area (Å²) in [7, 11) is 0. The first-order valence-electron chi connectivity index (χ1n) is 5.71. The van der Waals surface area contributed by atoms with Crippen molar-refractivity contribution in [2.75, 3.05) is 5.32 Å². The Morgan fingerprint density at radius 1 is 1.21 bits per heavy atom. The van der Waals surface area contributed by atoms with Gasteiger partial charge in [0, 0.05) is 5.56 Å². The zero-order valence-electron chi connectivity index (χ0n) is 10.4. The van der Waals surface area contributed by atoms with Crippen molar-refractivity contribution in [2.24, 2.45) is 0 Å².